The molecule has 1 aliphatic rings. The number of hydrogen-bond donors (Lipinski definition) is 0. The van der Waals surface area contributed by atoms with Gasteiger partial charge in [-0.1, -0.05) is 50.0 Å². The molecule has 0 amide bonds. The Hall–Kier alpha value is -1.41. The van der Waals surface area contributed by atoms with Gasteiger partial charge in [0.05, 0.1) is 8.07 Å². The van der Waals surface area contributed by atoms with Gasteiger partial charge in [0.1, 0.15) is 0 Å². The number of rotatable bonds is 4. The van der Waals surface area contributed by atoms with Crippen molar-refractivity contribution in [3.8, 4) is 0 Å². The van der Waals surface area contributed by atoms with Gasteiger partial charge in [-0.15, -0.1) is 0 Å². The average molecular weight is 296 g/mol. The molecule has 0 N–H and O–H groups in total. The zero-order valence-electron chi connectivity index (χ0n) is 13.3. The largest absolute Gasteiger partial charge is 0.261 e. The van der Waals surface area contributed by atoms with Crippen LogP contribution in [0.1, 0.15) is 41.1 Å². The summed E-state index contributed by atoms with van der Waals surface area (Å²) >= 11 is 0. The van der Waals surface area contributed by atoms with Gasteiger partial charge in [-0.3, -0.25) is 4.98 Å². The summed E-state index contributed by atoms with van der Waals surface area (Å²) in [6, 6.07) is 15.4. The highest BCUT2D eigenvalue weighted by Gasteiger charge is 2.38. The third-order valence-corrected chi connectivity index (χ3v) is 7.49. The van der Waals surface area contributed by atoms with Crippen LogP contribution in [0.4, 0.5) is 0 Å². The maximum Gasteiger partial charge on any atom is 0.0521 e. The van der Waals surface area contributed by atoms with Crippen molar-refractivity contribution in [1.29, 1.82) is 0 Å². The molecule has 1 aromatic carbocycles. The molecule has 2 aromatic rings. The monoisotopic (exact) mass is 295 g/mol. The van der Waals surface area contributed by atoms with Crippen molar-refractivity contribution in [1.82, 2.24) is 4.98 Å². The highest BCUT2D eigenvalue weighted by molar-refractivity contribution is 6.77. The van der Waals surface area contributed by atoms with E-state index in [4.69, 9.17) is 0 Å². The molecule has 21 heavy (non-hydrogen) atoms. The van der Waals surface area contributed by atoms with Gasteiger partial charge in [0.15, 0.2) is 0 Å². The predicted molar refractivity (Wildman–Crippen MR) is 92.4 cm³/mol. The molecular weight excluding hydrogens is 270 g/mol. The number of hydrogen-bond acceptors (Lipinski definition) is 1. The fourth-order valence-corrected chi connectivity index (χ4v) is 5.89. The van der Waals surface area contributed by atoms with Crippen molar-refractivity contribution in [3.05, 3.63) is 65.5 Å². The van der Waals surface area contributed by atoms with Gasteiger partial charge in [-0.2, -0.15) is 0 Å². The summed E-state index contributed by atoms with van der Waals surface area (Å²) in [5.41, 5.74) is 5.30. The van der Waals surface area contributed by atoms with Crippen molar-refractivity contribution >= 4 is 8.07 Å². The highest BCUT2D eigenvalue weighted by Crippen LogP contribution is 2.47. The molecular formula is C19H25NSi. The van der Waals surface area contributed by atoms with Crippen LogP contribution in [0.5, 0.6) is 0 Å². The van der Waals surface area contributed by atoms with Gasteiger partial charge in [0.25, 0.3) is 0 Å². The van der Waals surface area contributed by atoms with Crippen molar-refractivity contribution in [2.45, 2.75) is 50.4 Å². The lowest BCUT2D eigenvalue weighted by molar-refractivity contribution is 0.601. The van der Waals surface area contributed by atoms with Crippen LogP contribution in [-0.2, 0) is 6.42 Å². The fraction of sp³-hybridized carbons (Fsp3) is 0.421. The zero-order valence-corrected chi connectivity index (χ0v) is 14.3. The smallest absolute Gasteiger partial charge is 0.0521 e. The number of fused-ring (bicyclic) bond motifs is 1. The summed E-state index contributed by atoms with van der Waals surface area (Å²) in [5, 5.41) is 0. The Balaban J connectivity index is 1.78. The highest BCUT2D eigenvalue weighted by atomic mass is 28.3. The maximum absolute atomic E-state index is 4.47. The molecule has 1 aliphatic carbocycles. The lowest BCUT2D eigenvalue weighted by Crippen LogP contribution is -2.29. The molecule has 0 aliphatic heterocycles. The van der Waals surface area contributed by atoms with Crippen LogP contribution in [0.3, 0.4) is 0 Å². The van der Waals surface area contributed by atoms with Crippen LogP contribution >= 0.6 is 0 Å². The van der Waals surface area contributed by atoms with Crippen LogP contribution in [0.2, 0.25) is 19.6 Å². The summed E-state index contributed by atoms with van der Waals surface area (Å²) in [6.07, 6.45) is 5.58. The quantitative estimate of drug-likeness (QED) is 0.710. The van der Waals surface area contributed by atoms with Gasteiger partial charge in [0, 0.05) is 11.9 Å². The molecule has 2 unspecified atom stereocenters. The Morgan fingerprint density at radius 1 is 1.00 bits per heavy atom. The van der Waals surface area contributed by atoms with Crippen LogP contribution < -0.4 is 0 Å². The molecule has 0 spiro atoms. The molecule has 0 bridgehead atoms. The fourth-order valence-electron chi connectivity index (χ4n) is 3.70. The Labute approximate surface area is 129 Å². The zero-order chi connectivity index (χ0) is 14.9. The second-order valence-electron chi connectivity index (χ2n) is 7.34. The minimum absolute atomic E-state index is 0.722. The van der Waals surface area contributed by atoms with Crippen molar-refractivity contribution in [2.24, 2.45) is 0 Å². The van der Waals surface area contributed by atoms with E-state index in [1.165, 1.54) is 18.5 Å². The van der Waals surface area contributed by atoms with Crippen molar-refractivity contribution in [3.63, 3.8) is 0 Å². The molecule has 1 nitrogen and oxygen atoms in total. The summed E-state index contributed by atoms with van der Waals surface area (Å²) in [6.45, 7) is 7.53. The topological polar surface area (TPSA) is 12.9 Å². The Morgan fingerprint density at radius 3 is 2.38 bits per heavy atom. The van der Waals surface area contributed by atoms with Crippen LogP contribution in [0, 0.1) is 0 Å². The average Bonchev–Trinajstić information content (AvgIpc) is 2.85. The Morgan fingerprint density at radius 2 is 1.71 bits per heavy atom. The summed E-state index contributed by atoms with van der Waals surface area (Å²) in [5.74, 6) is 0.722. The molecule has 1 heterocycles. The molecule has 0 saturated heterocycles. The first-order valence-corrected chi connectivity index (χ1v) is 11.6. The van der Waals surface area contributed by atoms with E-state index in [1.54, 1.807) is 11.1 Å². The molecule has 3 rings (SSSR count). The van der Waals surface area contributed by atoms with Crippen molar-refractivity contribution < 1.29 is 0 Å². The molecule has 0 fully saturated rings. The number of aryl methyl sites for hydroxylation is 1. The molecule has 0 radical (unpaired) electrons. The molecule has 2 heteroatoms. The third kappa shape index (κ3) is 3.10. The van der Waals surface area contributed by atoms with Gasteiger partial charge in [-0.25, -0.2) is 0 Å². The molecule has 2 atom stereocenters. The lowest BCUT2D eigenvalue weighted by atomic mass is 9.95. The van der Waals surface area contributed by atoms with Gasteiger partial charge >= 0.3 is 0 Å². The first-order valence-electron chi connectivity index (χ1n) is 8.04. The van der Waals surface area contributed by atoms with E-state index >= 15 is 0 Å². The number of benzene rings is 1. The summed E-state index contributed by atoms with van der Waals surface area (Å²) < 4.78 is 0. The first-order chi connectivity index (χ1) is 10.1. The van der Waals surface area contributed by atoms with Crippen molar-refractivity contribution in [2.75, 3.05) is 0 Å². The van der Waals surface area contributed by atoms with Crippen LogP contribution in [0.25, 0.3) is 0 Å². The minimum Gasteiger partial charge on any atom is -0.261 e. The number of pyridine rings is 1. The second-order valence-corrected chi connectivity index (χ2v) is 12.8. The number of aromatic nitrogens is 1. The summed E-state index contributed by atoms with van der Waals surface area (Å²) in [4.78, 5) is 4.47. The van der Waals surface area contributed by atoms with Gasteiger partial charge in [0.2, 0.25) is 0 Å². The normalized spacial score (nSPS) is 21.3. The molecule has 0 saturated carbocycles. The van der Waals surface area contributed by atoms with E-state index in [1.807, 2.05) is 12.3 Å². The van der Waals surface area contributed by atoms with Gasteiger partial charge in [-0.05, 0) is 54.0 Å². The van der Waals surface area contributed by atoms with E-state index in [-0.39, 0.29) is 0 Å². The van der Waals surface area contributed by atoms with Crippen LogP contribution in [0.15, 0.2) is 48.7 Å². The molecule has 1 aromatic heterocycles. The predicted octanol–water partition coefficient (Wildman–Crippen LogP) is 5.16. The standard InChI is InChI=1S/C19H25NSi/c1-21(2,3)19-14-15(17-9-4-5-10-18(17)19)11-12-16-8-6-7-13-20-16/h4-10,13,15,19H,11-12,14H2,1-3H3. The SMILES string of the molecule is C[Si](C)(C)C1CC(CCc2ccccn2)c2ccccc21. The number of nitrogens with zero attached hydrogens (tertiary/aromatic N) is 1. The van der Waals surface area contributed by atoms with Gasteiger partial charge < -0.3 is 0 Å². The maximum atomic E-state index is 4.47. The van der Waals surface area contributed by atoms with E-state index in [0.29, 0.717) is 0 Å². The van der Waals surface area contributed by atoms with E-state index in [9.17, 15) is 0 Å². The molecule has 110 valence electrons. The minimum atomic E-state index is -1.14. The van der Waals surface area contributed by atoms with E-state index < -0.39 is 8.07 Å². The third-order valence-electron chi connectivity index (χ3n) is 4.85. The van der Waals surface area contributed by atoms with E-state index in [2.05, 4.69) is 61.0 Å². The first kappa shape index (κ1) is 14.5. The van der Waals surface area contributed by atoms with E-state index in [0.717, 1.165) is 17.9 Å². The second kappa shape index (κ2) is 5.76. The van der Waals surface area contributed by atoms with Crippen LogP contribution in [-0.4, -0.2) is 13.1 Å². The lowest BCUT2D eigenvalue weighted by Gasteiger charge is -2.26. The Bertz CT molecular complexity index is 600. The Kier molecular flexibility index (Phi) is 3.98. The summed E-state index contributed by atoms with van der Waals surface area (Å²) in [7, 11) is -1.14.